The maximum atomic E-state index is 15.1. The van der Waals surface area contributed by atoms with Crippen LogP contribution < -0.4 is 4.90 Å². The van der Waals surface area contributed by atoms with E-state index in [1.54, 1.807) is 47.3 Å². The molecule has 0 unspecified atom stereocenters. The lowest BCUT2D eigenvalue weighted by Gasteiger charge is -2.27. The average Bonchev–Trinajstić information content (AvgIpc) is 3.63. The van der Waals surface area contributed by atoms with E-state index < -0.39 is 29.0 Å². The molecule has 0 bridgehead atoms. The number of anilines is 1. The van der Waals surface area contributed by atoms with E-state index in [1.807, 2.05) is 17.9 Å². The number of carbonyl (C=O) groups excluding carboxylic acids is 2. The van der Waals surface area contributed by atoms with Crippen LogP contribution in [0.1, 0.15) is 49.3 Å². The number of carbonyl (C=O) groups is 2. The maximum Gasteiger partial charge on any atom is 0.417 e. The normalized spacial score (nSPS) is 20.3. The zero-order valence-corrected chi connectivity index (χ0v) is 23.8. The molecule has 214 valence electrons. The Kier molecular flexibility index (Phi) is 7.05. The number of ether oxygens (including phenoxy) is 3. The van der Waals surface area contributed by atoms with Crippen LogP contribution in [0.4, 0.5) is 15.0 Å². The van der Waals surface area contributed by atoms with Crippen molar-refractivity contribution >= 4 is 17.8 Å². The van der Waals surface area contributed by atoms with Crippen molar-refractivity contribution in [3.05, 3.63) is 59.2 Å². The highest BCUT2D eigenvalue weighted by atomic mass is 19.1. The molecule has 12 heteroatoms. The van der Waals surface area contributed by atoms with Crippen LogP contribution in [-0.2, 0) is 20.8 Å². The van der Waals surface area contributed by atoms with Crippen LogP contribution in [0, 0.1) is 17.1 Å². The first kappa shape index (κ1) is 28.2. The number of amides is 2. The van der Waals surface area contributed by atoms with Gasteiger partial charge >= 0.3 is 6.09 Å². The smallest absolute Gasteiger partial charge is 0.417 e. The molecule has 5 rings (SSSR count). The number of benzene rings is 1. The second kappa shape index (κ2) is 10.2. The van der Waals surface area contributed by atoms with Crippen LogP contribution in [-0.4, -0.2) is 76.3 Å². The summed E-state index contributed by atoms with van der Waals surface area (Å²) in [5.74, 6) is -0.640. The molecule has 1 fully saturated rings. The van der Waals surface area contributed by atoms with Crippen molar-refractivity contribution in [2.24, 2.45) is 0 Å². The molecule has 0 saturated carbocycles. The second-order valence-electron chi connectivity index (χ2n) is 11.2. The summed E-state index contributed by atoms with van der Waals surface area (Å²) in [7, 11) is 3.27. The molecule has 0 spiro atoms. The molecule has 0 radical (unpaired) electrons. The van der Waals surface area contributed by atoms with E-state index in [4.69, 9.17) is 19.3 Å². The third-order valence-corrected chi connectivity index (χ3v) is 7.31. The van der Waals surface area contributed by atoms with Crippen LogP contribution in [0.15, 0.2) is 36.5 Å². The Morgan fingerprint density at radius 1 is 1.22 bits per heavy atom. The number of nitriles is 1. The van der Waals surface area contributed by atoms with Gasteiger partial charge in [0.1, 0.15) is 23.1 Å². The molecule has 1 aromatic carbocycles. The van der Waals surface area contributed by atoms with Gasteiger partial charge in [-0.3, -0.25) is 4.79 Å². The minimum absolute atomic E-state index is 0.00654. The predicted octanol–water partition coefficient (Wildman–Crippen LogP) is 4.08. The molecule has 0 aliphatic carbocycles. The molecule has 2 atom stereocenters. The minimum Gasteiger partial charge on any atom is -0.443 e. The van der Waals surface area contributed by atoms with Crippen LogP contribution in [0.5, 0.6) is 0 Å². The number of methoxy groups -OCH3 is 2. The summed E-state index contributed by atoms with van der Waals surface area (Å²) >= 11 is 0. The fraction of sp³-hybridized carbons (Fsp3) is 0.414. The molecular formula is C29H31FN6O5. The third-order valence-electron chi connectivity index (χ3n) is 7.31. The molecule has 11 nitrogen and oxygen atoms in total. The molecule has 2 aliphatic rings. The van der Waals surface area contributed by atoms with Gasteiger partial charge in [-0.15, -0.1) is 0 Å². The molecule has 3 aromatic rings. The molecule has 2 aliphatic heterocycles. The average molecular weight is 563 g/mol. The summed E-state index contributed by atoms with van der Waals surface area (Å²) in [6.07, 6.45) is 0.665. The SMILES string of the molecule is CO[C@H]1CN(c2ccn(-c3cc(-c4c(F)cccc4C#N)nc4c3C(=O)N(C(=O)OC(C)(C)C)C4)n2)C[C@@]1(C)OC. The monoisotopic (exact) mass is 562 g/mol. The number of halogens is 1. The van der Waals surface area contributed by atoms with Gasteiger partial charge in [0.05, 0.1) is 52.9 Å². The van der Waals surface area contributed by atoms with Crippen LogP contribution in [0.25, 0.3) is 16.9 Å². The number of imide groups is 1. The lowest BCUT2D eigenvalue weighted by molar-refractivity contribution is -0.0746. The van der Waals surface area contributed by atoms with Crippen molar-refractivity contribution in [3.8, 4) is 23.0 Å². The van der Waals surface area contributed by atoms with Gasteiger partial charge in [-0.1, -0.05) is 6.07 Å². The van der Waals surface area contributed by atoms with Crippen molar-refractivity contribution in [1.82, 2.24) is 19.7 Å². The van der Waals surface area contributed by atoms with Crippen molar-refractivity contribution < 1.29 is 28.2 Å². The summed E-state index contributed by atoms with van der Waals surface area (Å²) in [6.45, 7) is 7.94. The maximum absolute atomic E-state index is 15.1. The number of rotatable bonds is 5. The molecule has 4 heterocycles. The standard InChI is InChI=1S/C29H31FN6O5/c1-28(2,3)41-27(38)35-14-20-25(26(35)37)21(12-19(32-20)24-17(13-31)8-7-9-18(24)30)36-11-10-23(33-36)34-15-22(39-5)29(4,16-34)40-6/h7-12,22H,14-16H2,1-6H3/t22-,29+/m0/s1. The summed E-state index contributed by atoms with van der Waals surface area (Å²) in [4.78, 5) is 34.0. The molecule has 41 heavy (non-hydrogen) atoms. The van der Waals surface area contributed by atoms with Gasteiger partial charge < -0.3 is 19.1 Å². The number of pyridine rings is 1. The quantitative estimate of drug-likeness (QED) is 0.453. The number of nitrogens with zero attached hydrogens (tertiary/aromatic N) is 6. The highest BCUT2D eigenvalue weighted by molar-refractivity contribution is 6.08. The Hall–Kier alpha value is -4.34. The van der Waals surface area contributed by atoms with Gasteiger partial charge in [-0.2, -0.15) is 10.4 Å². The fourth-order valence-electron chi connectivity index (χ4n) is 5.19. The summed E-state index contributed by atoms with van der Waals surface area (Å²) < 4.78 is 33.4. The van der Waals surface area contributed by atoms with Crippen LogP contribution in [0.3, 0.4) is 0 Å². The van der Waals surface area contributed by atoms with Crippen molar-refractivity contribution in [1.29, 1.82) is 5.26 Å². The van der Waals surface area contributed by atoms with Gasteiger partial charge in [0.2, 0.25) is 0 Å². The van der Waals surface area contributed by atoms with E-state index in [9.17, 15) is 14.9 Å². The Bertz CT molecular complexity index is 1570. The number of aromatic nitrogens is 3. The molecule has 1 saturated heterocycles. The molecular weight excluding hydrogens is 531 g/mol. The number of hydrogen-bond acceptors (Lipinski definition) is 9. The Balaban J connectivity index is 1.61. The van der Waals surface area contributed by atoms with E-state index in [0.29, 0.717) is 18.9 Å². The molecule has 0 N–H and O–H groups in total. The third kappa shape index (κ3) is 5.03. The fourth-order valence-corrected chi connectivity index (χ4v) is 5.19. The summed E-state index contributed by atoms with van der Waals surface area (Å²) in [5, 5.41) is 14.4. The Morgan fingerprint density at radius 3 is 2.61 bits per heavy atom. The number of fused-ring (bicyclic) bond motifs is 1. The second-order valence-corrected chi connectivity index (χ2v) is 11.2. The minimum atomic E-state index is -0.828. The summed E-state index contributed by atoms with van der Waals surface area (Å²) in [6, 6.07) is 9.46. The molecule has 2 amide bonds. The Labute approximate surface area is 237 Å². The highest BCUT2D eigenvalue weighted by Crippen LogP contribution is 2.35. The Morgan fingerprint density at radius 2 is 1.98 bits per heavy atom. The van der Waals surface area contributed by atoms with E-state index in [0.717, 1.165) is 4.90 Å². The van der Waals surface area contributed by atoms with E-state index in [1.165, 1.54) is 28.9 Å². The number of hydrogen-bond donors (Lipinski definition) is 0. The molecule has 2 aromatic heterocycles. The first-order chi connectivity index (χ1) is 19.4. The van der Waals surface area contributed by atoms with E-state index >= 15 is 4.39 Å². The van der Waals surface area contributed by atoms with Gasteiger partial charge in [-0.25, -0.2) is 23.8 Å². The largest absolute Gasteiger partial charge is 0.443 e. The zero-order chi connectivity index (χ0) is 29.7. The van der Waals surface area contributed by atoms with Crippen molar-refractivity contribution in [2.45, 2.75) is 51.5 Å². The summed E-state index contributed by atoms with van der Waals surface area (Å²) in [5.41, 5.74) is -0.495. The first-order valence-electron chi connectivity index (χ1n) is 13.1. The van der Waals surface area contributed by atoms with Crippen LogP contribution in [0.2, 0.25) is 0 Å². The van der Waals surface area contributed by atoms with Crippen molar-refractivity contribution in [3.63, 3.8) is 0 Å². The first-order valence-corrected chi connectivity index (χ1v) is 13.1. The zero-order valence-electron chi connectivity index (χ0n) is 23.8. The van der Waals surface area contributed by atoms with Gasteiger partial charge in [0, 0.05) is 33.0 Å². The lowest BCUT2D eigenvalue weighted by atomic mass is 10.0. The van der Waals surface area contributed by atoms with E-state index in [2.05, 4.69) is 4.98 Å². The topological polar surface area (TPSA) is 123 Å². The van der Waals surface area contributed by atoms with Crippen molar-refractivity contribution in [2.75, 3.05) is 32.2 Å². The van der Waals surface area contributed by atoms with Gasteiger partial charge in [-0.05, 0) is 45.9 Å². The van der Waals surface area contributed by atoms with Crippen LogP contribution >= 0.6 is 0 Å². The van der Waals surface area contributed by atoms with Gasteiger partial charge in [0.15, 0.2) is 5.82 Å². The highest BCUT2D eigenvalue weighted by Gasteiger charge is 2.45. The van der Waals surface area contributed by atoms with E-state index in [-0.39, 0.29) is 46.4 Å². The lowest BCUT2D eigenvalue weighted by Crippen LogP contribution is -2.41. The predicted molar refractivity (Wildman–Crippen MR) is 146 cm³/mol. The van der Waals surface area contributed by atoms with Gasteiger partial charge in [0.25, 0.3) is 5.91 Å².